The molecule has 2 fully saturated rings. The van der Waals surface area contributed by atoms with E-state index in [0.29, 0.717) is 25.4 Å². The third kappa shape index (κ3) is 3.19. The van der Waals surface area contributed by atoms with Crippen LogP contribution in [0.2, 0.25) is 0 Å². The Balaban J connectivity index is 1.86. The molecule has 19 heavy (non-hydrogen) atoms. The van der Waals surface area contributed by atoms with Crippen LogP contribution in [0.15, 0.2) is 0 Å². The van der Waals surface area contributed by atoms with Crippen LogP contribution in [0.25, 0.3) is 0 Å². The summed E-state index contributed by atoms with van der Waals surface area (Å²) in [6.45, 7) is 6.98. The number of hydrogen-bond donors (Lipinski definition) is 0. The van der Waals surface area contributed by atoms with Gasteiger partial charge in [-0.15, -0.1) is 0 Å². The van der Waals surface area contributed by atoms with E-state index in [1.165, 1.54) is 7.11 Å². The molecule has 108 valence electrons. The first kappa shape index (κ1) is 14.2. The lowest BCUT2D eigenvalue weighted by atomic mass is 9.92. The van der Waals surface area contributed by atoms with Gasteiger partial charge in [0.25, 0.3) is 0 Å². The molecule has 0 aromatic rings. The first-order chi connectivity index (χ1) is 8.76. The fourth-order valence-corrected chi connectivity index (χ4v) is 2.87. The number of piperidine rings is 1. The van der Waals surface area contributed by atoms with Crippen molar-refractivity contribution in [1.82, 2.24) is 4.90 Å². The average molecular weight is 269 g/mol. The van der Waals surface area contributed by atoms with Crippen molar-refractivity contribution in [2.24, 2.45) is 11.3 Å². The number of nitrogens with zero attached hydrogens (tertiary/aromatic N) is 1. The minimum Gasteiger partial charge on any atom is -0.469 e. The Hall–Kier alpha value is -1.26. The zero-order chi connectivity index (χ0) is 14.3. The highest BCUT2D eigenvalue weighted by atomic mass is 16.6. The van der Waals surface area contributed by atoms with Gasteiger partial charge in [-0.1, -0.05) is 0 Å². The molecule has 0 bridgehead atoms. The van der Waals surface area contributed by atoms with Gasteiger partial charge in [0.2, 0.25) is 0 Å². The lowest BCUT2D eigenvalue weighted by Gasteiger charge is -2.32. The summed E-state index contributed by atoms with van der Waals surface area (Å²) in [4.78, 5) is 25.1. The minimum absolute atomic E-state index is 0.0889. The predicted octanol–water partition coefficient (Wildman–Crippen LogP) is 2.20. The third-order valence-corrected chi connectivity index (χ3v) is 4.05. The Labute approximate surface area is 114 Å². The number of methoxy groups -OCH3 is 1. The van der Waals surface area contributed by atoms with Gasteiger partial charge < -0.3 is 14.4 Å². The number of esters is 1. The molecule has 2 rings (SSSR count). The van der Waals surface area contributed by atoms with Crippen LogP contribution >= 0.6 is 0 Å². The Morgan fingerprint density at radius 3 is 2.58 bits per heavy atom. The van der Waals surface area contributed by atoms with Gasteiger partial charge in [0.15, 0.2) is 0 Å². The molecule has 5 nitrogen and oxygen atoms in total. The van der Waals surface area contributed by atoms with Crippen LogP contribution in [0, 0.1) is 11.3 Å². The van der Waals surface area contributed by atoms with Crippen molar-refractivity contribution in [3.05, 3.63) is 0 Å². The third-order valence-electron chi connectivity index (χ3n) is 4.05. The van der Waals surface area contributed by atoms with Crippen molar-refractivity contribution < 1.29 is 19.1 Å². The molecule has 2 atom stereocenters. The quantitative estimate of drug-likeness (QED) is 0.721. The summed E-state index contributed by atoms with van der Waals surface area (Å²) in [5.41, 5.74) is -0.368. The summed E-state index contributed by atoms with van der Waals surface area (Å²) in [5.74, 6) is 0.279. The molecule has 0 spiro atoms. The number of likely N-dealkylation sites (tertiary alicyclic amines) is 1. The Morgan fingerprint density at radius 2 is 2.05 bits per heavy atom. The largest absolute Gasteiger partial charge is 0.469 e. The van der Waals surface area contributed by atoms with Crippen LogP contribution in [0.3, 0.4) is 0 Å². The van der Waals surface area contributed by atoms with Gasteiger partial charge in [0, 0.05) is 13.1 Å². The normalized spacial score (nSPS) is 29.5. The Morgan fingerprint density at radius 1 is 1.37 bits per heavy atom. The highest BCUT2D eigenvalue weighted by Crippen LogP contribution is 2.60. The molecule has 1 saturated carbocycles. The molecule has 1 aliphatic carbocycles. The van der Waals surface area contributed by atoms with Crippen LogP contribution in [0.4, 0.5) is 4.79 Å². The maximum absolute atomic E-state index is 12.0. The molecule has 1 heterocycles. The van der Waals surface area contributed by atoms with Gasteiger partial charge in [0.1, 0.15) is 5.60 Å². The summed E-state index contributed by atoms with van der Waals surface area (Å²) < 4.78 is 10.1. The summed E-state index contributed by atoms with van der Waals surface area (Å²) >= 11 is 0. The highest BCUT2D eigenvalue weighted by Gasteiger charge is 2.58. The van der Waals surface area contributed by atoms with E-state index in [1.54, 1.807) is 4.90 Å². The van der Waals surface area contributed by atoms with E-state index in [9.17, 15) is 9.59 Å². The fourth-order valence-electron chi connectivity index (χ4n) is 2.87. The summed E-state index contributed by atoms with van der Waals surface area (Å²) in [6, 6.07) is 0. The molecule has 5 heteroatoms. The summed E-state index contributed by atoms with van der Waals surface area (Å²) in [5, 5.41) is 0. The van der Waals surface area contributed by atoms with Gasteiger partial charge >= 0.3 is 12.1 Å². The first-order valence-electron chi connectivity index (χ1n) is 6.80. The number of carbonyl (C=O) groups is 2. The van der Waals surface area contributed by atoms with E-state index < -0.39 is 5.60 Å². The van der Waals surface area contributed by atoms with Gasteiger partial charge in [0.05, 0.1) is 13.5 Å². The van der Waals surface area contributed by atoms with Crippen LogP contribution in [0.5, 0.6) is 0 Å². The predicted molar refractivity (Wildman–Crippen MR) is 69.6 cm³/mol. The standard InChI is InChI=1S/C14H23NO4/c1-13(2,3)19-12(17)15-6-5-14(7-10(14)9-15)8-11(16)18-4/h10H,5-9H2,1-4H3/t10-,14-/m0/s1. The van der Waals surface area contributed by atoms with E-state index in [0.717, 1.165) is 12.8 Å². The van der Waals surface area contributed by atoms with E-state index in [2.05, 4.69) is 0 Å². The van der Waals surface area contributed by atoms with Crippen LogP contribution in [-0.4, -0.2) is 42.8 Å². The van der Waals surface area contributed by atoms with E-state index in [4.69, 9.17) is 9.47 Å². The Kier molecular flexibility index (Phi) is 3.49. The first-order valence-corrected chi connectivity index (χ1v) is 6.80. The molecule has 1 amide bonds. The summed E-state index contributed by atoms with van der Waals surface area (Å²) in [6.07, 6.45) is 2.12. The number of hydrogen-bond acceptors (Lipinski definition) is 4. The molecule has 0 N–H and O–H groups in total. The van der Waals surface area contributed by atoms with Gasteiger partial charge in [-0.2, -0.15) is 0 Å². The second kappa shape index (κ2) is 4.69. The summed E-state index contributed by atoms with van der Waals surface area (Å²) in [7, 11) is 1.42. The second-order valence-electron chi connectivity index (χ2n) is 6.69. The van der Waals surface area contributed by atoms with Crippen molar-refractivity contribution >= 4 is 12.1 Å². The molecular weight excluding hydrogens is 246 g/mol. The average Bonchev–Trinajstić information content (AvgIpc) is 2.99. The number of amides is 1. The monoisotopic (exact) mass is 269 g/mol. The molecule has 0 aromatic carbocycles. The Bertz CT molecular complexity index is 387. The van der Waals surface area contributed by atoms with Crippen molar-refractivity contribution in [2.75, 3.05) is 20.2 Å². The van der Waals surface area contributed by atoms with Crippen molar-refractivity contribution in [3.8, 4) is 0 Å². The second-order valence-corrected chi connectivity index (χ2v) is 6.69. The number of fused-ring (bicyclic) bond motifs is 1. The molecule has 2 aliphatic rings. The van der Waals surface area contributed by atoms with Gasteiger partial charge in [-0.3, -0.25) is 4.79 Å². The van der Waals surface area contributed by atoms with Crippen molar-refractivity contribution in [1.29, 1.82) is 0 Å². The van der Waals surface area contributed by atoms with Crippen LogP contribution in [-0.2, 0) is 14.3 Å². The lowest BCUT2D eigenvalue weighted by molar-refractivity contribution is -0.142. The zero-order valence-corrected chi connectivity index (χ0v) is 12.2. The maximum Gasteiger partial charge on any atom is 0.410 e. The lowest BCUT2D eigenvalue weighted by Crippen LogP contribution is -2.42. The van der Waals surface area contributed by atoms with E-state index in [-0.39, 0.29) is 17.5 Å². The number of rotatable bonds is 2. The number of ether oxygens (including phenoxy) is 2. The molecule has 0 radical (unpaired) electrons. The SMILES string of the molecule is COC(=O)C[C@@]12CCN(C(=O)OC(C)(C)C)C[C@@H]1C2. The van der Waals surface area contributed by atoms with Gasteiger partial charge in [-0.05, 0) is 44.9 Å². The van der Waals surface area contributed by atoms with Crippen LogP contribution in [0.1, 0.15) is 40.0 Å². The van der Waals surface area contributed by atoms with Crippen molar-refractivity contribution in [2.45, 2.75) is 45.6 Å². The molecule has 1 saturated heterocycles. The number of carbonyl (C=O) groups excluding carboxylic acids is 2. The molecular formula is C14H23NO4. The minimum atomic E-state index is -0.457. The van der Waals surface area contributed by atoms with E-state index >= 15 is 0 Å². The highest BCUT2D eigenvalue weighted by molar-refractivity contribution is 5.71. The molecule has 1 aliphatic heterocycles. The smallest absolute Gasteiger partial charge is 0.410 e. The zero-order valence-electron chi connectivity index (χ0n) is 12.2. The fraction of sp³-hybridized carbons (Fsp3) is 0.857. The topological polar surface area (TPSA) is 55.8 Å². The molecule has 0 unspecified atom stereocenters. The molecule has 0 aromatic heterocycles. The van der Waals surface area contributed by atoms with Crippen LogP contribution < -0.4 is 0 Å². The van der Waals surface area contributed by atoms with E-state index in [1.807, 2.05) is 20.8 Å². The van der Waals surface area contributed by atoms with Crippen molar-refractivity contribution in [3.63, 3.8) is 0 Å². The maximum atomic E-state index is 12.0. The van der Waals surface area contributed by atoms with Gasteiger partial charge in [-0.25, -0.2) is 4.79 Å².